The Morgan fingerprint density at radius 2 is 1.96 bits per heavy atom. The second-order valence-corrected chi connectivity index (χ2v) is 6.83. The first-order valence-corrected chi connectivity index (χ1v) is 8.15. The number of aromatic nitrogens is 2. The minimum Gasteiger partial charge on any atom is -0.389 e. The Hall–Kier alpha value is -1.47. The maximum absolute atomic E-state index is 14.6. The highest BCUT2D eigenvalue weighted by Gasteiger charge is 2.49. The molecule has 0 radical (unpaired) electrons. The summed E-state index contributed by atoms with van der Waals surface area (Å²) in [6, 6.07) is 5.24. The number of β-amino-alcohol motifs (C(OH)–C–C–N with tert-alkyl or cyclic N) is 1. The first-order chi connectivity index (χ1) is 11.4. The Balaban J connectivity index is 2.10. The van der Waals surface area contributed by atoms with Crippen LogP contribution in [0, 0.1) is 0 Å². The molecule has 1 saturated heterocycles. The van der Waals surface area contributed by atoms with Crippen molar-refractivity contribution in [2.24, 2.45) is 0 Å². The second-order valence-electron chi connectivity index (χ2n) is 5.96. The van der Waals surface area contributed by atoms with Crippen molar-refractivity contribution in [3.05, 3.63) is 40.5 Å². The fraction of sp³-hybridized carbons (Fsp3) is 0.312. The number of nitrogens with zero attached hydrogens (tertiary/aromatic N) is 2. The molecule has 3 heterocycles. The third kappa shape index (κ3) is 2.37. The number of nitrogens with one attached hydrogen (secondary N) is 1. The number of benzene rings is 1. The van der Waals surface area contributed by atoms with E-state index in [4.69, 9.17) is 23.2 Å². The molecule has 0 amide bonds. The highest BCUT2D eigenvalue weighted by atomic mass is 35.5. The van der Waals surface area contributed by atoms with Gasteiger partial charge in [-0.3, -0.25) is 0 Å². The highest BCUT2D eigenvalue weighted by Crippen LogP contribution is 2.41. The second kappa shape index (κ2) is 5.52. The molecule has 24 heavy (non-hydrogen) atoms. The fourth-order valence-electron chi connectivity index (χ4n) is 3.40. The van der Waals surface area contributed by atoms with Crippen LogP contribution in [0.3, 0.4) is 0 Å². The number of rotatable bonds is 1. The van der Waals surface area contributed by atoms with E-state index in [-0.39, 0.29) is 6.54 Å². The predicted octanol–water partition coefficient (Wildman–Crippen LogP) is 3.64. The summed E-state index contributed by atoms with van der Waals surface area (Å²) in [5.74, 6) is -3.13. The molecule has 2 N–H and O–H groups in total. The van der Waals surface area contributed by atoms with E-state index in [0.29, 0.717) is 32.0 Å². The molecule has 1 aliphatic heterocycles. The smallest absolute Gasteiger partial charge is 0.283 e. The van der Waals surface area contributed by atoms with Crippen LogP contribution in [0.4, 0.5) is 8.78 Å². The van der Waals surface area contributed by atoms with Crippen molar-refractivity contribution in [1.29, 1.82) is 0 Å². The van der Waals surface area contributed by atoms with E-state index < -0.39 is 24.6 Å². The van der Waals surface area contributed by atoms with Crippen molar-refractivity contribution in [2.75, 3.05) is 13.1 Å². The van der Waals surface area contributed by atoms with Crippen molar-refractivity contribution in [2.45, 2.75) is 18.1 Å². The maximum Gasteiger partial charge on any atom is 0.283 e. The zero-order valence-electron chi connectivity index (χ0n) is 12.3. The van der Waals surface area contributed by atoms with E-state index in [1.807, 2.05) is 0 Å². The van der Waals surface area contributed by atoms with Crippen molar-refractivity contribution in [3.8, 4) is 0 Å². The molecule has 0 unspecified atom stereocenters. The Morgan fingerprint density at radius 3 is 2.71 bits per heavy atom. The highest BCUT2D eigenvalue weighted by molar-refractivity contribution is 6.33. The number of piperidine rings is 1. The summed E-state index contributed by atoms with van der Waals surface area (Å²) in [5, 5.41) is 15.0. The summed E-state index contributed by atoms with van der Waals surface area (Å²) in [5.41, 5.74) is 0.886. The third-order valence-electron chi connectivity index (χ3n) is 4.36. The van der Waals surface area contributed by atoms with Gasteiger partial charge in [-0.25, -0.2) is 13.8 Å². The monoisotopic (exact) mass is 371 g/mol. The minimum absolute atomic E-state index is 0.0859. The standard InChI is InChI=1S/C16H13Cl2F2N3O/c17-8-1-2-12-10(3-8)11-4-9(18)5-22-15(11)23(12)14-13(24)6-21-7-16(14,19)20/h1-5,13-14,21,24H,6-7H2/t13-,14+/m1/s1. The van der Waals surface area contributed by atoms with Crippen LogP contribution in [-0.4, -0.2) is 39.8 Å². The van der Waals surface area contributed by atoms with Crippen LogP contribution in [0.5, 0.6) is 0 Å². The number of fused-ring (bicyclic) bond motifs is 3. The Bertz CT molecular complexity index is 885. The van der Waals surface area contributed by atoms with Crippen LogP contribution in [0.1, 0.15) is 6.04 Å². The average molecular weight is 372 g/mol. The van der Waals surface area contributed by atoms with Crippen molar-refractivity contribution in [1.82, 2.24) is 14.9 Å². The maximum atomic E-state index is 14.6. The summed E-state index contributed by atoms with van der Waals surface area (Å²) in [6.45, 7) is -0.417. The summed E-state index contributed by atoms with van der Waals surface area (Å²) >= 11 is 12.1. The molecule has 0 bridgehead atoms. The van der Waals surface area contributed by atoms with E-state index in [9.17, 15) is 13.9 Å². The predicted molar refractivity (Wildman–Crippen MR) is 90.1 cm³/mol. The lowest BCUT2D eigenvalue weighted by atomic mass is 9.99. The van der Waals surface area contributed by atoms with Gasteiger partial charge in [0.2, 0.25) is 0 Å². The van der Waals surface area contributed by atoms with Gasteiger partial charge >= 0.3 is 0 Å². The Labute approximate surface area is 146 Å². The molecule has 1 fully saturated rings. The molecule has 2 atom stereocenters. The van der Waals surface area contributed by atoms with Gasteiger partial charge in [-0.15, -0.1) is 0 Å². The summed E-state index contributed by atoms with van der Waals surface area (Å²) in [4.78, 5) is 4.25. The number of alkyl halides is 2. The number of pyridine rings is 1. The number of hydrogen-bond acceptors (Lipinski definition) is 3. The number of aliphatic hydroxyl groups is 1. The lowest BCUT2D eigenvalue weighted by Crippen LogP contribution is -2.54. The minimum atomic E-state index is -3.13. The third-order valence-corrected chi connectivity index (χ3v) is 4.80. The van der Waals surface area contributed by atoms with Gasteiger partial charge in [0.1, 0.15) is 11.7 Å². The van der Waals surface area contributed by atoms with Gasteiger partial charge in [-0.05, 0) is 24.3 Å². The van der Waals surface area contributed by atoms with Gasteiger partial charge in [0.15, 0.2) is 0 Å². The topological polar surface area (TPSA) is 50.1 Å². The molecule has 4 rings (SSSR count). The fourth-order valence-corrected chi connectivity index (χ4v) is 3.73. The first kappa shape index (κ1) is 16.0. The molecular weight excluding hydrogens is 359 g/mol. The quantitative estimate of drug-likeness (QED) is 0.686. The van der Waals surface area contributed by atoms with Gasteiger partial charge < -0.3 is 15.0 Å². The van der Waals surface area contributed by atoms with Gasteiger partial charge in [0.25, 0.3) is 5.92 Å². The van der Waals surface area contributed by atoms with Crippen LogP contribution in [0.15, 0.2) is 30.5 Å². The van der Waals surface area contributed by atoms with Crippen LogP contribution in [0.25, 0.3) is 21.9 Å². The SMILES string of the molecule is O[C@@H]1CNCC(F)(F)[C@H]1n1c2ccc(Cl)cc2c2cc(Cl)cnc21. The zero-order chi connectivity index (χ0) is 17.1. The largest absolute Gasteiger partial charge is 0.389 e. The van der Waals surface area contributed by atoms with Gasteiger partial charge in [0, 0.05) is 28.5 Å². The molecule has 126 valence electrons. The molecule has 8 heteroatoms. The first-order valence-electron chi connectivity index (χ1n) is 7.40. The van der Waals surface area contributed by atoms with E-state index in [2.05, 4.69) is 10.3 Å². The van der Waals surface area contributed by atoms with Crippen LogP contribution in [-0.2, 0) is 0 Å². The Morgan fingerprint density at radius 1 is 1.21 bits per heavy atom. The molecule has 4 nitrogen and oxygen atoms in total. The number of aliphatic hydroxyl groups excluding tert-OH is 1. The van der Waals surface area contributed by atoms with Crippen LogP contribution < -0.4 is 5.32 Å². The van der Waals surface area contributed by atoms with Gasteiger partial charge in [0.05, 0.1) is 23.2 Å². The number of hydrogen-bond donors (Lipinski definition) is 2. The van der Waals surface area contributed by atoms with Crippen LogP contribution in [0.2, 0.25) is 10.0 Å². The summed E-state index contributed by atoms with van der Waals surface area (Å²) < 4.78 is 30.6. The van der Waals surface area contributed by atoms with E-state index in [1.165, 1.54) is 10.8 Å². The van der Waals surface area contributed by atoms with E-state index >= 15 is 0 Å². The Kier molecular flexibility index (Phi) is 3.69. The molecule has 2 aromatic heterocycles. The lowest BCUT2D eigenvalue weighted by molar-refractivity contribution is -0.110. The molecule has 0 aliphatic carbocycles. The van der Waals surface area contributed by atoms with Crippen molar-refractivity contribution < 1.29 is 13.9 Å². The van der Waals surface area contributed by atoms with E-state index in [1.54, 1.807) is 24.3 Å². The van der Waals surface area contributed by atoms with Gasteiger partial charge in [-0.1, -0.05) is 23.2 Å². The van der Waals surface area contributed by atoms with Crippen molar-refractivity contribution in [3.63, 3.8) is 0 Å². The van der Waals surface area contributed by atoms with Crippen molar-refractivity contribution >= 4 is 45.1 Å². The molecule has 1 aliphatic rings. The molecule has 0 spiro atoms. The summed E-state index contributed by atoms with van der Waals surface area (Å²) in [7, 11) is 0. The van der Waals surface area contributed by atoms with Gasteiger partial charge in [-0.2, -0.15) is 0 Å². The molecule has 1 aromatic carbocycles. The molecule has 0 saturated carbocycles. The number of halogens is 4. The average Bonchev–Trinajstić information content (AvgIpc) is 2.80. The molecular formula is C16H13Cl2F2N3O. The van der Waals surface area contributed by atoms with Crippen LogP contribution >= 0.6 is 23.2 Å². The lowest BCUT2D eigenvalue weighted by Gasteiger charge is -2.37. The van der Waals surface area contributed by atoms with E-state index in [0.717, 1.165) is 0 Å². The summed E-state index contributed by atoms with van der Waals surface area (Å²) in [6.07, 6.45) is 0.160. The zero-order valence-corrected chi connectivity index (χ0v) is 13.8. The normalized spacial score (nSPS) is 23.9. The molecule has 3 aromatic rings.